The summed E-state index contributed by atoms with van der Waals surface area (Å²) < 4.78 is 5.75. The molecule has 0 radical (unpaired) electrons. The lowest BCUT2D eigenvalue weighted by atomic mass is 10.1. The lowest BCUT2D eigenvalue weighted by Gasteiger charge is -2.09. The molecule has 29 heavy (non-hydrogen) atoms. The fraction of sp³-hybridized carbons (Fsp3) is 0.167. The quantitative estimate of drug-likeness (QED) is 0.590. The summed E-state index contributed by atoms with van der Waals surface area (Å²) in [4.78, 5) is 24.3. The molecule has 3 aromatic carbocycles. The first kappa shape index (κ1) is 20.1. The van der Waals surface area contributed by atoms with Crippen molar-refractivity contribution in [1.29, 1.82) is 0 Å². The van der Waals surface area contributed by atoms with E-state index in [1.807, 2.05) is 49.4 Å². The molecule has 0 aliphatic rings. The average Bonchev–Trinajstić information content (AvgIpc) is 2.77. The highest BCUT2D eigenvalue weighted by atomic mass is 16.5. The van der Waals surface area contributed by atoms with E-state index in [1.54, 1.807) is 36.4 Å². The molecule has 3 aromatic rings. The molecule has 3 rings (SSSR count). The van der Waals surface area contributed by atoms with E-state index < -0.39 is 0 Å². The summed E-state index contributed by atoms with van der Waals surface area (Å²) in [6.07, 6.45) is 0.877. The standard InChI is InChI=1S/C24H24N2O3/c1-2-16-25-23(27)19-8-10-20(11-9-19)24(28)26-21-12-14-22(15-13-21)29-17-18-6-4-3-5-7-18/h3-15H,2,16-17H2,1H3,(H,25,27)(H,26,28). The number of carbonyl (C=O) groups excluding carboxylic acids is 2. The summed E-state index contributed by atoms with van der Waals surface area (Å²) in [5.41, 5.74) is 2.79. The van der Waals surface area contributed by atoms with E-state index in [2.05, 4.69) is 10.6 Å². The van der Waals surface area contributed by atoms with Crippen LogP contribution in [0.25, 0.3) is 0 Å². The zero-order valence-electron chi connectivity index (χ0n) is 16.4. The number of nitrogens with one attached hydrogen (secondary N) is 2. The predicted molar refractivity (Wildman–Crippen MR) is 114 cm³/mol. The molecule has 0 aliphatic heterocycles. The SMILES string of the molecule is CCCNC(=O)c1ccc(C(=O)Nc2ccc(OCc3ccccc3)cc2)cc1. The van der Waals surface area contributed by atoms with Crippen molar-refractivity contribution in [1.82, 2.24) is 5.32 Å². The second-order valence-corrected chi connectivity index (χ2v) is 6.59. The van der Waals surface area contributed by atoms with Crippen LogP contribution in [0.1, 0.15) is 39.6 Å². The zero-order valence-corrected chi connectivity index (χ0v) is 16.4. The highest BCUT2D eigenvalue weighted by Crippen LogP contribution is 2.18. The molecule has 0 atom stereocenters. The van der Waals surface area contributed by atoms with Gasteiger partial charge in [-0.2, -0.15) is 0 Å². The average molecular weight is 388 g/mol. The Morgan fingerprint density at radius 3 is 2.03 bits per heavy atom. The number of benzene rings is 3. The molecule has 0 bridgehead atoms. The molecule has 0 saturated heterocycles. The van der Waals surface area contributed by atoms with Gasteiger partial charge < -0.3 is 15.4 Å². The first-order valence-corrected chi connectivity index (χ1v) is 9.62. The van der Waals surface area contributed by atoms with Crippen LogP contribution in [0.5, 0.6) is 5.75 Å². The number of carbonyl (C=O) groups is 2. The van der Waals surface area contributed by atoms with Crippen LogP contribution < -0.4 is 15.4 Å². The monoisotopic (exact) mass is 388 g/mol. The van der Waals surface area contributed by atoms with E-state index in [1.165, 1.54) is 0 Å². The maximum absolute atomic E-state index is 12.4. The molecule has 5 nitrogen and oxygen atoms in total. The molecule has 148 valence electrons. The van der Waals surface area contributed by atoms with Gasteiger partial charge in [0.25, 0.3) is 11.8 Å². The Hall–Kier alpha value is -3.60. The summed E-state index contributed by atoms with van der Waals surface area (Å²) in [5, 5.41) is 5.66. The maximum Gasteiger partial charge on any atom is 0.255 e. The first-order chi connectivity index (χ1) is 14.2. The lowest BCUT2D eigenvalue weighted by molar-refractivity contribution is 0.0951. The third-order valence-corrected chi connectivity index (χ3v) is 4.31. The molecule has 0 aliphatic carbocycles. The number of hydrogen-bond donors (Lipinski definition) is 2. The van der Waals surface area contributed by atoms with E-state index in [0.29, 0.717) is 30.0 Å². The van der Waals surface area contributed by atoms with Gasteiger partial charge in [0.1, 0.15) is 12.4 Å². The summed E-state index contributed by atoms with van der Waals surface area (Å²) in [5.74, 6) is 0.364. The van der Waals surface area contributed by atoms with Crippen LogP contribution in [0.15, 0.2) is 78.9 Å². The van der Waals surface area contributed by atoms with E-state index in [0.717, 1.165) is 17.7 Å². The molecule has 0 spiro atoms. The van der Waals surface area contributed by atoms with Crippen molar-refractivity contribution in [2.75, 3.05) is 11.9 Å². The molecule has 2 N–H and O–H groups in total. The maximum atomic E-state index is 12.4. The number of rotatable bonds is 8. The van der Waals surface area contributed by atoms with Gasteiger partial charge in [-0.05, 0) is 60.5 Å². The topological polar surface area (TPSA) is 67.4 Å². The Balaban J connectivity index is 1.54. The summed E-state index contributed by atoms with van der Waals surface area (Å²) >= 11 is 0. The molecule has 0 heterocycles. The number of ether oxygens (including phenoxy) is 1. The predicted octanol–water partition coefficient (Wildman–Crippen LogP) is 4.66. The van der Waals surface area contributed by atoms with Gasteiger partial charge >= 0.3 is 0 Å². The normalized spacial score (nSPS) is 10.2. The Morgan fingerprint density at radius 1 is 0.793 bits per heavy atom. The van der Waals surface area contributed by atoms with Crippen molar-refractivity contribution >= 4 is 17.5 Å². The van der Waals surface area contributed by atoms with Crippen LogP contribution in [0.4, 0.5) is 5.69 Å². The van der Waals surface area contributed by atoms with Gasteiger partial charge in [-0.3, -0.25) is 9.59 Å². The Morgan fingerprint density at radius 2 is 1.41 bits per heavy atom. The Bertz CT molecular complexity index is 936. The van der Waals surface area contributed by atoms with Crippen LogP contribution >= 0.6 is 0 Å². The van der Waals surface area contributed by atoms with Crippen LogP contribution in [0.3, 0.4) is 0 Å². The minimum absolute atomic E-state index is 0.134. The third-order valence-electron chi connectivity index (χ3n) is 4.31. The number of amides is 2. The van der Waals surface area contributed by atoms with Gasteiger partial charge in [0.05, 0.1) is 0 Å². The van der Waals surface area contributed by atoms with Gasteiger partial charge in [0.15, 0.2) is 0 Å². The van der Waals surface area contributed by atoms with Crippen molar-refractivity contribution in [2.24, 2.45) is 0 Å². The van der Waals surface area contributed by atoms with Crippen molar-refractivity contribution in [3.8, 4) is 5.75 Å². The molecule has 5 heteroatoms. The second kappa shape index (κ2) is 10.1. The second-order valence-electron chi connectivity index (χ2n) is 6.59. The molecule has 0 unspecified atom stereocenters. The minimum Gasteiger partial charge on any atom is -0.489 e. The largest absolute Gasteiger partial charge is 0.489 e. The van der Waals surface area contributed by atoms with E-state index in [9.17, 15) is 9.59 Å². The van der Waals surface area contributed by atoms with Gasteiger partial charge in [0, 0.05) is 23.4 Å². The van der Waals surface area contributed by atoms with Crippen molar-refractivity contribution in [2.45, 2.75) is 20.0 Å². The van der Waals surface area contributed by atoms with Crippen LogP contribution in [0, 0.1) is 0 Å². The molecule has 0 fully saturated rings. The molecule has 0 aromatic heterocycles. The highest BCUT2D eigenvalue weighted by Gasteiger charge is 2.09. The summed E-state index contributed by atoms with van der Waals surface area (Å²) in [6.45, 7) is 3.12. The highest BCUT2D eigenvalue weighted by molar-refractivity contribution is 6.05. The van der Waals surface area contributed by atoms with Gasteiger partial charge in [-0.15, -0.1) is 0 Å². The van der Waals surface area contributed by atoms with Gasteiger partial charge in [0.2, 0.25) is 0 Å². The minimum atomic E-state index is -0.233. The van der Waals surface area contributed by atoms with Crippen molar-refractivity contribution in [3.63, 3.8) is 0 Å². The van der Waals surface area contributed by atoms with Gasteiger partial charge in [-0.25, -0.2) is 0 Å². The summed E-state index contributed by atoms with van der Waals surface area (Å²) in [7, 11) is 0. The van der Waals surface area contributed by atoms with E-state index in [4.69, 9.17) is 4.74 Å². The van der Waals surface area contributed by atoms with Crippen LogP contribution in [0.2, 0.25) is 0 Å². The lowest BCUT2D eigenvalue weighted by Crippen LogP contribution is -2.24. The van der Waals surface area contributed by atoms with Crippen molar-refractivity contribution < 1.29 is 14.3 Å². The van der Waals surface area contributed by atoms with E-state index in [-0.39, 0.29) is 11.8 Å². The van der Waals surface area contributed by atoms with Crippen molar-refractivity contribution in [3.05, 3.63) is 95.6 Å². The zero-order chi connectivity index (χ0) is 20.5. The molecular weight excluding hydrogens is 364 g/mol. The third kappa shape index (κ3) is 5.94. The van der Waals surface area contributed by atoms with E-state index >= 15 is 0 Å². The molecule has 2 amide bonds. The molecule has 0 saturated carbocycles. The Labute approximate surface area is 170 Å². The van der Waals surface area contributed by atoms with Crippen LogP contribution in [-0.4, -0.2) is 18.4 Å². The molecular formula is C24H24N2O3. The number of anilines is 1. The first-order valence-electron chi connectivity index (χ1n) is 9.62. The summed E-state index contributed by atoms with van der Waals surface area (Å²) in [6, 6.07) is 23.8. The fourth-order valence-corrected chi connectivity index (χ4v) is 2.69. The van der Waals surface area contributed by atoms with Gasteiger partial charge in [-0.1, -0.05) is 37.3 Å². The number of hydrogen-bond acceptors (Lipinski definition) is 3. The fourth-order valence-electron chi connectivity index (χ4n) is 2.69. The Kier molecular flexibility index (Phi) is 7.00. The smallest absolute Gasteiger partial charge is 0.255 e. The van der Waals surface area contributed by atoms with Crippen LogP contribution in [-0.2, 0) is 6.61 Å².